The van der Waals surface area contributed by atoms with Crippen LogP contribution >= 0.6 is 0 Å². The molecule has 0 saturated heterocycles. The van der Waals surface area contributed by atoms with E-state index in [9.17, 15) is 0 Å². The highest BCUT2D eigenvalue weighted by Gasteiger charge is 2.38. The summed E-state index contributed by atoms with van der Waals surface area (Å²) in [4.78, 5) is 4.72. The zero-order valence-electron chi connectivity index (χ0n) is 21.6. The lowest BCUT2D eigenvalue weighted by Crippen LogP contribution is -2.28. The van der Waals surface area contributed by atoms with Crippen molar-refractivity contribution >= 4 is 28.4 Å². The van der Waals surface area contributed by atoms with E-state index in [4.69, 9.17) is 9.47 Å². The van der Waals surface area contributed by atoms with Gasteiger partial charge in [-0.2, -0.15) is 0 Å². The van der Waals surface area contributed by atoms with Crippen LogP contribution in [-0.2, 0) is 0 Å². The van der Waals surface area contributed by atoms with E-state index in [-0.39, 0.29) is 6.04 Å². The first-order valence-corrected chi connectivity index (χ1v) is 13.7. The van der Waals surface area contributed by atoms with Crippen LogP contribution in [0.2, 0.25) is 0 Å². The van der Waals surface area contributed by atoms with E-state index in [2.05, 4.69) is 107 Å². The Kier molecular flexibility index (Phi) is 4.41. The largest absolute Gasteiger partial charge is 0.453 e. The lowest BCUT2D eigenvalue weighted by Gasteiger charge is -2.38. The third-order valence-electron chi connectivity index (χ3n) is 8.34. The fourth-order valence-electron chi connectivity index (χ4n) is 6.59. The van der Waals surface area contributed by atoms with Crippen LogP contribution in [0.25, 0.3) is 11.1 Å². The standard InChI is InChI=1S/C36H24N2O2/c1-2-10-25(11-3-1)37-28-13-5-4-12-26(28)27-19-18-23(20-31(27)37)24-21-34-36-35(22-24)40-33-17-9-7-15-30(33)38(36)29-14-6-8-16-32(29)39-34/h1-22,26,28H. The molecule has 3 aliphatic heterocycles. The average Bonchev–Trinajstić information content (AvgIpc) is 3.35. The maximum Gasteiger partial charge on any atom is 0.156 e. The third kappa shape index (κ3) is 3.02. The fraction of sp³-hybridized carbons (Fsp3) is 0.0556. The quantitative estimate of drug-likeness (QED) is 0.228. The van der Waals surface area contributed by atoms with Crippen molar-refractivity contribution in [3.8, 4) is 34.1 Å². The summed E-state index contributed by atoms with van der Waals surface area (Å²) in [7, 11) is 0. The molecular weight excluding hydrogens is 492 g/mol. The van der Waals surface area contributed by atoms with Gasteiger partial charge in [-0.3, -0.25) is 4.90 Å². The molecule has 0 aromatic heterocycles. The molecule has 4 nitrogen and oxygen atoms in total. The average molecular weight is 517 g/mol. The summed E-state index contributed by atoms with van der Waals surface area (Å²) in [5.74, 6) is 3.58. The number of anilines is 5. The van der Waals surface area contributed by atoms with Crippen LogP contribution in [0, 0.1) is 0 Å². The molecule has 9 rings (SSSR count). The molecule has 2 unspecified atom stereocenters. The second-order valence-corrected chi connectivity index (χ2v) is 10.6. The first-order valence-electron chi connectivity index (χ1n) is 13.7. The minimum absolute atomic E-state index is 0.260. The maximum atomic E-state index is 6.51. The summed E-state index contributed by atoms with van der Waals surface area (Å²) >= 11 is 0. The lowest BCUT2D eigenvalue weighted by molar-refractivity contribution is 0.446. The molecule has 0 fully saturated rings. The van der Waals surface area contributed by atoms with Gasteiger partial charge in [0.05, 0.1) is 17.4 Å². The van der Waals surface area contributed by atoms with Crippen LogP contribution in [0.5, 0.6) is 23.0 Å². The fourth-order valence-corrected chi connectivity index (χ4v) is 6.59. The molecule has 4 aliphatic rings. The van der Waals surface area contributed by atoms with Crippen LogP contribution < -0.4 is 19.3 Å². The van der Waals surface area contributed by atoms with Crippen LogP contribution in [0.3, 0.4) is 0 Å². The second-order valence-electron chi connectivity index (χ2n) is 10.6. The van der Waals surface area contributed by atoms with E-state index in [0.29, 0.717) is 5.92 Å². The highest BCUT2D eigenvalue weighted by Crippen LogP contribution is 2.60. The first-order chi connectivity index (χ1) is 19.8. The predicted octanol–water partition coefficient (Wildman–Crippen LogP) is 9.76. The first kappa shape index (κ1) is 21.7. The molecule has 0 radical (unpaired) electrons. The van der Waals surface area contributed by atoms with Gasteiger partial charge in [0.1, 0.15) is 5.69 Å². The van der Waals surface area contributed by atoms with Crippen molar-refractivity contribution in [2.24, 2.45) is 0 Å². The summed E-state index contributed by atoms with van der Waals surface area (Å²) < 4.78 is 13.0. The minimum Gasteiger partial charge on any atom is -0.453 e. The zero-order chi connectivity index (χ0) is 26.2. The molecule has 5 aromatic rings. The molecule has 5 aromatic carbocycles. The van der Waals surface area contributed by atoms with Crippen molar-refractivity contribution in [3.63, 3.8) is 0 Å². The number of nitrogens with zero attached hydrogens (tertiary/aromatic N) is 2. The summed E-state index contributed by atoms with van der Waals surface area (Å²) in [5, 5.41) is 0. The number of ether oxygens (including phenoxy) is 2. The van der Waals surface area contributed by atoms with Gasteiger partial charge in [0.25, 0.3) is 0 Å². The second kappa shape index (κ2) is 8.14. The number of para-hydroxylation sites is 5. The molecule has 0 bridgehead atoms. The van der Waals surface area contributed by atoms with Gasteiger partial charge in [0.15, 0.2) is 23.0 Å². The minimum atomic E-state index is 0.260. The maximum absolute atomic E-state index is 6.51. The summed E-state index contributed by atoms with van der Waals surface area (Å²) in [6.07, 6.45) is 8.96. The summed E-state index contributed by atoms with van der Waals surface area (Å²) in [6, 6.07) is 38.4. The van der Waals surface area contributed by atoms with Crippen LogP contribution in [-0.4, -0.2) is 6.04 Å². The molecule has 190 valence electrons. The Balaban J connectivity index is 1.22. The Bertz CT molecular complexity index is 1820. The third-order valence-corrected chi connectivity index (χ3v) is 8.34. The van der Waals surface area contributed by atoms with Crippen molar-refractivity contribution in [2.45, 2.75) is 12.0 Å². The topological polar surface area (TPSA) is 24.9 Å². The molecular formula is C36H24N2O2. The Morgan fingerprint density at radius 3 is 1.90 bits per heavy atom. The molecule has 3 heterocycles. The molecule has 1 aliphatic carbocycles. The van der Waals surface area contributed by atoms with E-state index in [1.54, 1.807) is 0 Å². The monoisotopic (exact) mass is 516 g/mol. The Hall–Kier alpha value is -5.22. The summed E-state index contributed by atoms with van der Waals surface area (Å²) in [5.41, 5.74) is 8.93. The van der Waals surface area contributed by atoms with Crippen LogP contribution in [0.15, 0.2) is 133 Å². The number of rotatable bonds is 2. The molecule has 2 atom stereocenters. The SMILES string of the molecule is C1=CC2c3ccc(-c4cc5c6c(c4)Oc4ccccc4N6c4ccccc4O5)cc3N(c3ccccc3)C2C=C1. The molecule has 4 heteroatoms. The number of fused-ring (bicyclic) bond motifs is 7. The molecule has 0 N–H and O–H groups in total. The Morgan fingerprint density at radius 2 is 1.18 bits per heavy atom. The normalized spacial score (nSPS) is 18.6. The Morgan fingerprint density at radius 1 is 0.525 bits per heavy atom. The Labute approximate surface area is 232 Å². The van der Waals surface area contributed by atoms with Crippen molar-refractivity contribution in [2.75, 3.05) is 9.80 Å². The van der Waals surface area contributed by atoms with Crippen LogP contribution in [0.1, 0.15) is 11.5 Å². The number of allylic oxidation sites excluding steroid dienone is 2. The lowest BCUT2D eigenvalue weighted by atomic mass is 9.90. The van der Waals surface area contributed by atoms with Crippen molar-refractivity contribution in [1.29, 1.82) is 0 Å². The van der Waals surface area contributed by atoms with Crippen molar-refractivity contribution in [3.05, 3.63) is 139 Å². The van der Waals surface area contributed by atoms with Crippen molar-refractivity contribution < 1.29 is 9.47 Å². The highest BCUT2D eigenvalue weighted by atomic mass is 16.5. The smallest absolute Gasteiger partial charge is 0.156 e. The summed E-state index contributed by atoms with van der Waals surface area (Å²) in [6.45, 7) is 0. The molecule has 0 amide bonds. The van der Waals surface area contributed by atoms with Gasteiger partial charge in [-0.05, 0) is 71.3 Å². The predicted molar refractivity (Wildman–Crippen MR) is 160 cm³/mol. The van der Waals surface area contributed by atoms with E-state index in [1.807, 2.05) is 36.4 Å². The van der Waals surface area contributed by atoms with Gasteiger partial charge >= 0.3 is 0 Å². The van der Waals surface area contributed by atoms with Gasteiger partial charge in [-0.25, -0.2) is 0 Å². The number of benzene rings is 5. The molecule has 40 heavy (non-hydrogen) atoms. The van der Waals surface area contributed by atoms with Gasteiger partial charge in [-0.15, -0.1) is 0 Å². The number of hydrogen-bond acceptors (Lipinski definition) is 4. The van der Waals surface area contributed by atoms with Gasteiger partial charge in [0.2, 0.25) is 0 Å². The zero-order valence-corrected chi connectivity index (χ0v) is 21.6. The van der Waals surface area contributed by atoms with E-state index < -0.39 is 0 Å². The molecule has 0 spiro atoms. The highest BCUT2D eigenvalue weighted by molar-refractivity contribution is 5.95. The van der Waals surface area contributed by atoms with Gasteiger partial charge in [-0.1, -0.05) is 78.9 Å². The van der Waals surface area contributed by atoms with Gasteiger partial charge < -0.3 is 14.4 Å². The van der Waals surface area contributed by atoms with Crippen molar-refractivity contribution in [1.82, 2.24) is 0 Å². The molecule has 0 saturated carbocycles. The van der Waals surface area contributed by atoms with E-state index in [0.717, 1.165) is 51.2 Å². The van der Waals surface area contributed by atoms with E-state index >= 15 is 0 Å². The van der Waals surface area contributed by atoms with E-state index in [1.165, 1.54) is 16.9 Å². The van der Waals surface area contributed by atoms with Gasteiger partial charge in [0, 0.05) is 17.3 Å². The number of hydrogen-bond donors (Lipinski definition) is 0. The van der Waals surface area contributed by atoms with Crippen LogP contribution in [0.4, 0.5) is 28.4 Å².